The van der Waals surface area contributed by atoms with E-state index in [1.165, 1.54) is 11.3 Å². The monoisotopic (exact) mass is 340 g/mol. The Balaban J connectivity index is 1.80. The number of ether oxygens (including phenoxy) is 2. The molecule has 0 atom stereocenters. The molecule has 0 aliphatic rings. The number of nitrogens with zero attached hydrogens (tertiary/aromatic N) is 1. The quantitative estimate of drug-likeness (QED) is 0.760. The smallest absolute Gasteiger partial charge is 0.267 e. The second kappa shape index (κ2) is 7.14. The zero-order valence-electron chi connectivity index (χ0n) is 13.3. The molecule has 1 heterocycles. The minimum atomic E-state index is -0.218. The van der Waals surface area contributed by atoms with Crippen LogP contribution in [0.4, 0.5) is 5.69 Å². The van der Waals surface area contributed by atoms with Gasteiger partial charge in [-0.3, -0.25) is 4.79 Å². The first-order valence-corrected chi connectivity index (χ1v) is 8.07. The van der Waals surface area contributed by atoms with Gasteiger partial charge in [0, 0.05) is 29.4 Å². The number of methoxy groups -OCH3 is 2. The normalized spacial score (nSPS) is 10.2. The van der Waals surface area contributed by atoms with Crippen molar-refractivity contribution < 1.29 is 14.3 Å². The van der Waals surface area contributed by atoms with Gasteiger partial charge < -0.3 is 14.8 Å². The summed E-state index contributed by atoms with van der Waals surface area (Å²) in [5, 5.41) is 3.65. The summed E-state index contributed by atoms with van der Waals surface area (Å²) >= 11 is 1.35. The highest BCUT2D eigenvalue weighted by Crippen LogP contribution is 2.28. The predicted molar refractivity (Wildman–Crippen MR) is 95.0 cm³/mol. The summed E-state index contributed by atoms with van der Waals surface area (Å²) in [6, 6.07) is 15.0. The van der Waals surface area contributed by atoms with Crippen molar-refractivity contribution in [2.45, 2.75) is 0 Å². The fourth-order valence-corrected chi connectivity index (χ4v) is 2.98. The van der Waals surface area contributed by atoms with Gasteiger partial charge >= 0.3 is 0 Å². The molecular weight excluding hydrogens is 324 g/mol. The number of hydrogen-bond donors (Lipinski definition) is 1. The molecule has 6 heteroatoms. The summed E-state index contributed by atoms with van der Waals surface area (Å²) in [4.78, 5) is 17.3. The van der Waals surface area contributed by atoms with Crippen LogP contribution >= 0.6 is 11.3 Å². The molecule has 0 aliphatic carbocycles. The zero-order valence-corrected chi connectivity index (χ0v) is 14.1. The number of thiazole rings is 1. The van der Waals surface area contributed by atoms with Gasteiger partial charge in [0.1, 0.15) is 21.4 Å². The number of benzene rings is 2. The molecule has 122 valence electrons. The van der Waals surface area contributed by atoms with Crippen LogP contribution in [-0.2, 0) is 0 Å². The molecule has 0 spiro atoms. The largest absolute Gasteiger partial charge is 0.497 e. The molecule has 0 bridgehead atoms. The highest BCUT2D eigenvalue weighted by Gasteiger charge is 2.13. The molecule has 1 amide bonds. The van der Waals surface area contributed by atoms with Crippen LogP contribution in [0.2, 0.25) is 0 Å². The van der Waals surface area contributed by atoms with Crippen molar-refractivity contribution in [2.75, 3.05) is 19.5 Å². The Morgan fingerprint density at radius 3 is 2.33 bits per heavy atom. The van der Waals surface area contributed by atoms with Crippen molar-refractivity contribution in [1.82, 2.24) is 4.98 Å². The molecule has 0 radical (unpaired) electrons. The molecular formula is C18H16N2O3S. The molecule has 0 unspecified atom stereocenters. The second-order valence-corrected chi connectivity index (χ2v) is 5.98. The SMILES string of the molecule is COc1cc(NC(=O)c2cnc(-c3ccccc3)s2)cc(OC)c1. The number of amides is 1. The van der Waals surface area contributed by atoms with Crippen molar-refractivity contribution in [3.63, 3.8) is 0 Å². The molecule has 3 aromatic rings. The van der Waals surface area contributed by atoms with E-state index in [-0.39, 0.29) is 5.91 Å². The second-order valence-electron chi connectivity index (χ2n) is 4.95. The van der Waals surface area contributed by atoms with Gasteiger partial charge in [0.15, 0.2) is 0 Å². The summed E-state index contributed by atoms with van der Waals surface area (Å²) < 4.78 is 10.4. The predicted octanol–water partition coefficient (Wildman–Crippen LogP) is 4.08. The van der Waals surface area contributed by atoms with E-state index in [1.54, 1.807) is 38.6 Å². The maximum Gasteiger partial charge on any atom is 0.267 e. The van der Waals surface area contributed by atoms with E-state index < -0.39 is 0 Å². The molecule has 24 heavy (non-hydrogen) atoms. The lowest BCUT2D eigenvalue weighted by molar-refractivity contribution is 0.103. The number of anilines is 1. The van der Waals surface area contributed by atoms with Gasteiger partial charge in [-0.2, -0.15) is 0 Å². The average molecular weight is 340 g/mol. The van der Waals surface area contributed by atoms with Gasteiger partial charge in [0.25, 0.3) is 5.91 Å². The van der Waals surface area contributed by atoms with E-state index in [9.17, 15) is 4.79 Å². The number of carbonyl (C=O) groups is 1. The Morgan fingerprint density at radius 2 is 1.71 bits per heavy atom. The van der Waals surface area contributed by atoms with Crippen LogP contribution in [0.3, 0.4) is 0 Å². The highest BCUT2D eigenvalue weighted by atomic mass is 32.1. The highest BCUT2D eigenvalue weighted by molar-refractivity contribution is 7.17. The lowest BCUT2D eigenvalue weighted by atomic mass is 10.2. The van der Waals surface area contributed by atoms with Crippen molar-refractivity contribution in [2.24, 2.45) is 0 Å². The van der Waals surface area contributed by atoms with E-state index in [4.69, 9.17) is 9.47 Å². The first kappa shape index (κ1) is 16.0. The standard InChI is InChI=1S/C18H16N2O3S/c1-22-14-8-13(9-15(10-14)23-2)20-17(21)16-11-19-18(24-16)12-6-4-3-5-7-12/h3-11H,1-2H3,(H,20,21). The van der Waals surface area contributed by atoms with Crippen LogP contribution < -0.4 is 14.8 Å². The fraction of sp³-hybridized carbons (Fsp3) is 0.111. The van der Waals surface area contributed by atoms with E-state index >= 15 is 0 Å². The van der Waals surface area contributed by atoms with Crippen LogP contribution in [0.15, 0.2) is 54.7 Å². The first-order valence-electron chi connectivity index (χ1n) is 7.25. The lowest BCUT2D eigenvalue weighted by Gasteiger charge is -2.09. The van der Waals surface area contributed by atoms with Gasteiger partial charge in [0.05, 0.1) is 20.4 Å². The third-order valence-electron chi connectivity index (χ3n) is 3.36. The molecule has 3 rings (SSSR count). The topological polar surface area (TPSA) is 60.5 Å². The van der Waals surface area contributed by atoms with Crippen LogP contribution in [-0.4, -0.2) is 25.1 Å². The van der Waals surface area contributed by atoms with E-state index in [0.717, 1.165) is 10.6 Å². The third-order valence-corrected chi connectivity index (χ3v) is 4.40. The van der Waals surface area contributed by atoms with Crippen molar-refractivity contribution in [1.29, 1.82) is 0 Å². The molecule has 2 aromatic carbocycles. The van der Waals surface area contributed by atoms with E-state index in [2.05, 4.69) is 10.3 Å². The molecule has 0 fully saturated rings. The zero-order chi connectivity index (χ0) is 16.9. The van der Waals surface area contributed by atoms with Gasteiger partial charge in [-0.05, 0) is 0 Å². The summed E-state index contributed by atoms with van der Waals surface area (Å²) in [5.41, 5.74) is 1.59. The minimum Gasteiger partial charge on any atom is -0.497 e. The molecule has 0 saturated carbocycles. The van der Waals surface area contributed by atoms with Crippen LogP contribution in [0.5, 0.6) is 11.5 Å². The fourth-order valence-electron chi connectivity index (χ4n) is 2.17. The molecule has 0 saturated heterocycles. The third kappa shape index (κ3) is 3.55. The molecule has 5 nitrogen and oxygen atoms in total. The Morgan fingerprint density at radius 1 is 1.04 bits per heavy atom. The molecule has 1 N–H and O–H groups in total. The summed E-state index contributed by atoms with van der Waals surface area (Å²) in [7, 11) is 3.13. The number of hydrogen-bond acceptors (Lipinski definition) is 5. The maximum atomic E-state index is 12.4. The van der Waals surface area contributed by atoms with Gasteiger partial charge in [-0.25, -0.2) is 4.98 Å². The summed E-state index contributed by atoms with van der Waals surface area (Å²) in [6.45, 7) is 0. The number of nitrogens with one attached hydrogen (secondary N) is 1. The Bertz CT molecular complexity index is 824. The van der Waals surface area contributed by atoms with Gasteiger partial charge in [0.2, 0.25) is 0 Å². The van der Waals surface area contributed by atoms with E-state index in [1.807, 2.05) is 30.3 Å². The lowest BCUT2D eigenvalue weighted by Crippen LogP contribution is -2.10. The molecule has 1 aromatic heterocycles. The number of carbonyl (C=O) groups excluding carboxylic acids is 1. The van der Waals surface area contributed by atoms with Gasteiger partial charge in [-0.1, -0.05) is 30.3 Å². The Hall–Kier alpha value is -2.86. The van der Waals surface area contributed by atoms with Crippen molar-refractivity contribution >= 4 is 22.9 Å². The average Bonchev–Trinajstić information content (AvgIpc) is 3.12. The first-order chi connectivity index (χ1) is 11.7. The van der Waals surface area contributed by atoms with Gasteiger partial charge in [-0.15, -0.1) is 11.3 Å². The summed E-state index contributed by atoms with van der Waals surface area (Å²) in [5.74, 6) is 1.00. The number of rotatable bonds is 5. The Kier molecular flexibility index (Phi) is 4.77. The number of aromatic nitrogens is 1. The minimum absolute atomic E-state index is 0.218. The maximum absolute atomic E-state index is 12.4. The Labute approximate surface area is 143 Å². The van der Waals surface area contributed by atoms with Crippen LogP contribution in [0.25, 0.3) is 10.6 Å². The van der Waals surface area contributed by atoms with Crippen LogP contribution in [0.1, 0.15) is 9.67 Å². The van der Waals surface area contributed by atoms with E-state index in [0.29, 0.717) is 22.1 Å². The summed E-state index contributed by atoms with van der Waals surface area (Å²) in [6.07, 6.45) is 1.58. The van der Waals surface area contributed by atoms with Crippen LogP contribution in [0, 0.1) is 0 Å². The van der Waals surface area contributed by atoms with Crippen molar-refractivity contribution in [3.8, 4) is 22.1 Å². The van der Waals surface area contributed by atoms with Crippen molar-refractivity contribution in [3.05, 3.63) is 59.6 Å². The molecule has 0 aliphatic heterocycles.